The molecule has 0 amide bonds. The van der Waals surface area contributed by atoms with Crippen molar-refractivity contribution < 1.29 is 63.6 Å². The van der Waals surface area contributed by atoms with E-state index >= 15 is 0 Å². The number of esters is 2. The van der Waals surface area contributed by atoms with Crippen LogP contribution in [-0.4, -0.2) is 99.3 Å². The number of hydrogen-bond acceptors (Lipinski definition) is 12. The number of carbonyl (C=O) groups excluding carboxylic acids is 2. The Kier molecular flexibility index (Phi) is 9.11. The van der Waals surface area contributed by atoms with Crippen molar-refractivity contribution in [2.75, 3.05) is 6.61 Å². The van der Waals surface area contributed by atoms with Gasteiger partial charge >= 0.3 is 17.9 Å². The van der Waals surface area contributed by atoms with Crippen molar-refractivity contribution in [1.29, 1.82) is 0 Å². The highest BCUT2D eigenvalue weighted by Crippen LogP contribution is 2.50. The van der Waals surface area contributed by atoms with Crippen LogP contribution in [0.5, 0.6) is 0 Å². The summed E-state index contributed by atoms with van der Waals surface area (Å²) < 4.78 is 28.8. The maximum atomic E-state index is 13.2. The summed E-state index contributed by atoms with van der Waals surface area (Å²) in [6.45, 7) is 0.950. The van der Waals surface area contributed by atoms with Crippen molar-refractivity contribution in [1.82, 2.24) is 0 Å². The Morgan fingerprint density at radius 2 is 1.35 bits per heavy atom. The summed E-state index contributed by atoms with van der Waals surface area (Å²) in [5, 5.41) is 50.6. The molecule has 11 atom stereocenters. The van der Waals surface area contributed by atoms with Crippen LogP contribution in [0.2, 0.25) is 0 Å². The highest BCUT2D eigenvalue weighted by Gasteiger charge is 2.61. The van der Waals surface area contributed by atoms with Crippen LogP contribution in [0.4, 0.5) is 0 Å². The summed E-state index contributed by atoms with van der Waals surface area (Å²) in [5.41, 5.74) is 0.139. The smallest absolute Gasteiger partial charge is 0.338 e. The number of aliphatic carboxylic acids is 1. The number of carbonyl (C=O) groups is 3. The van der Waals surface area contributed by atoms with Crippen molar-refractivity contribution in [2.24, 2.45) is 17.8 Å². The predicted molar refractivity (Wildman–Crippen MR) is 143 cm³/mol. The van der Waals surface area contributed by atoms with E-state index in [2.05, 4.69) is 0 Å². The van der Waals surface area contributed by atoms with Crippen molar-refractivity contribution in [3.8, 4) is 0 Å². The van der Waals surface area contributed by atoms with Crippen molar-refractivity contribution in [3.63, 3.8) is 0 Å². The van der Waals surface area contributed by atoms with Gasteiger partial charge in [0.25, 0.3) is 0 Å². The summed E-state index contributed by atoms with van der Waals surface area (Å²) in [4.78, 5) is 38.8. The summed E-state index contributed by atoms with van der Waals surface area (Å²) in [7, 11) is 0. The van der Waals surface area contributed by atoms with E-state index in [0.717, 1.165) is 6.26 Å². The second-order valence-corrected chi connectivity index (χ2v) is 10.7. The number of carboxylic acid groups (broad SMARTS) is 1. The second-order valence-electron chi connectivity index (χ2n) is 10.7. The fourth-order valence-electron chi connectivity index (χ4n) is 5.85. The molecule has 2 heterocycles. The van der Waals surface area contributed by atoms with Gasteiger partial charge in [-0.05, 0) is 24.3 Å². The van der Waals surface area contributed by atoms with Crippen LogP contribution >= 0.6 is 0 Å². The molecule has 5 rings (SSSR count). The molecule has 0 unspecified atom stereocenters. The van der Waals surface area contributed by atoms with Crippen LogP contribution in [0.25, 0.3) is 0 Å². The third-order valence-corrected chi connectivity index (χ3v) is 8.09. The van der Waals surface area contributed by atoms with Gasteiger partial charge in [-0.1, -0.05) is 43.3 Å². The lowest BCUT2D eigenvalue weighted by Gasteiger charge is -2.43. The number of aliphatic hydroxyl groups is 4. The molecule has 5 N–H and O–H groups in total. The monoisotopic (exact) mass is 600 g/mol. The van der Waals surface area contributed by atoms with E-state index < -0.39 is 91.5 Å². The van der Waals surface area contributed by atoms with Crippen LogP contribution in [0.1, 0.15) is 27.6 Å². The summed E-state index contributed by atoms with van der Waals surface area (Å²) in [5.74, 6) is -5.68. The highest BCUT2D eigenvalue weighted by molar-refractivity contribution is 5.91. The van der Waals surface area contributed by atoms with E-state index in [1.807, 2.05) is 0 Å². The van der Waals surface area contributed by atoms with E-state index in [1.165, 1.54) is 24.3 Å². The van der Waals surface area contributed by atoms with Crippen molar-refractivity contribution >= 4 is 17.9 Å². The maximum absolute atomic E-state index is 13.2. The highest BCUT2D eigenvalue weighted by atomic mass is 16.8. The minimum absolute atomic E-state index is 0.189. The molecule has 43 heavy (non-hydrogen) atoms. The number of benzene rings is 2. The molecule has 1 saturated carbocycles. The third-order valence-electron chi connectivity index (χ3n) is 8.09. The van der Waals surface area contributed by atoms with E-state index in [1.54, 1.807) is 43.3 Å². The van der Waals surface area contributed by atoms with Crippen molar-refractivity contribution in [3.05, 3.63) is 83.6 Å². The second kappa shape index (κ2) is 12.8. The molecule has 230 valence electrons. The number of carboxylic acids is 1. The first-order valence-electron chi connectivity index (χ1n) is 13.7. The summed E-state index contributed by atoms with van der Waals surface area (Å²) in [6.07, 6.45) is -10.9. The molecule has 2 fully saturated rings. The van der Waals surface area contributed by atoms with Gasteiger partial charge < -0.3 is 49.2 Å². The van der Waals surface area contributed by atoms with Gasteiger partial charge in [0.1, 0.15) is 36.6 Å². The van der Waals surface area contributed by atoms with Gasteiger partial charge in [0.2, 0.25) is 6.29 Å². The topological polar surface area (TPSA) is 199 Å². The van der Waals surface area contributed by atoms with Crippen molar-refractivity contribution in [2.45, 2.75) is 56.1 Å². The van der Waals surface area contributed by atoms with E-state index in [-0.39, 0.29) is 16.7 Å². The molecule has 2 aromatic carbocycles. The maximum Gasteiger partial charge on any atom is 0.338 e. The third kappa shape index (κ3) is 6.00. The molecule has 2 aliphatic heterocycles. The molecule has 13 nitrogen and oxygen atoms in total. The van der Waals surface area contributed by atoms with Gasteiger partial charge in [-0.25, -0.2) is 14.4 Å². The normalized spacial score (nSPS) is 35.2. The summed E-state index contributed by atoms with van der Waals surface area (Å²) >= 11 is 0. The Bertz CT molecular complexity index is 1330. The first-order chi connectivity index (χ1) is 20.6. The van der Waals surface area contributed by atoms with E-state index in [4.69, 9.17) is 23.7 Å². The molecular weight excluding hydrogens is 568 g/mol. The Hall–Kier alpha value is -3.85. The number of fused-ring (bicyclic) bond motifs is 1. The SMILES string of the molecule is C[C@@H]1[C@@H](OC(=O)c2ccccc2)[C@@H](OC(=O)c2ccccc2)[C@H]2C(C(=O)O)=CO[C@H](O[C@@H]3O[C@@H](CO)[C@@H](O)[C@@H](O)[C@H]3O)[C@@H]12. The van der Waals surface area contributed by atoms with Crippen LogP contribution in [0.3, 0.4) is 0 Å². The minimum Gasteiger partial charge on any atom is -0.478 e. The zero-order valence-corrected chi connectivity index (χ0v) is 22.9. The molecule has 3 aliphatic rings. The number of ether oxygens (including phenoxy) is 5. The predicted octanol–water partition coefficient (Wildman–Crippen LogP) is 0.461. The Morgan fingerprint density at radius 1 is 0.791 bits per heavy atom. The van der Waals surface area contributed by atoms with Gasteiger partial charge in [0, 0.05) is 17.8 Å². The van der Waals surface area contributed by atoms with Gasteiger partial charge in [0.15, 0.2) is 6.29 Å². The van der Waals surface area contributed by atoms with Gasteiger partial charge in [-0.15, -0.1) is 0 Å². The van der Waals surface area contributed by atoms with Gasteiger partial charge in [-0.3, -0.25) is 0 Å². The molecule has 0 aromatic heterocycles. The quantitative estimate of drug-likeness (QED) is 0.262. The molecular formula is C30H32O13. The fourth-order valence-corrected chi connectivity index (χ4v) is 5.85. The Morgan fingerprint density at radius 3 is 1.88 bits per heavy atom. The van der Waals surface area contributed by atoms with Gasteiger partial charge in [-0.2, -0.15) is 0 Å². The zero-order valence-electron chi connectivity index (χ0n) is 22.9. The van der Waals surface area contributed by atoms with Gasteiger partial charge in [0.05, 0.1) is 29.6 Å². The lowest BCUT2D eigenvalue weighted by molar-refractivity contribution is -0.342. The molecule has 0 spiro atoms. The van der Waals surface area contributed by atoms with E-state index in [9.17, 15) is 39.9 Å². The lowest BCUT2D eigenvalue weighted by atomic mass is 9.82. The Balaban J connectivity index is 1.49. The molecule has 2 aromatic rings. The first-order valence-corrected chi connectivity index (χ1v) is 13.7. The van der Waals surface area contributed by atoms with E-state index in [0.29, 0.717) is 0 Å². The van der Waals surface area contributed by atoms with Crippen LogP contribution < -0.4 is 0 Å². The summed E-state index contributed by atoms with van der Waals surface area (Å²) in [6, 6.07) is 16.1. The zero-order chi connectivity index (χ0) is 30.8. The average molecular weight is 601 g/mol. The van der Waals surface area contributed by atoms with Crippen LogP contribution in [-0.2, 0) is 28.5 Å². The van der Waals surface area contributed by atoms with Crippen LogP contribution in [0, 0.1) is 17.8 Å². The fraction of sp³-hybridized carbons (Fsp3) is 0.433. The number of hydrogen-bond donors (Lipinski definition) is 5. The van der Waals surface area contributed by atoms with Crippen LogP contribution in [0.15, 0.2) is 72.5 Å². The molecule has 0 bridgehead atoms. The lowest BCUT2D eigenvalue weighted by Crippen LogP contribution is -2.60. The molecule has 1 saturated heterocycles. The molecule has 0 radical (unpaired) electrons. The average Bonchev–Trinajstić information content (AvgIpc) is 3.28. The molecule has 13 heteroatoms. The number of rotatable bonds is 8. The largest absolute Gasteiger partial charge is 0.478 e. The minimum atomic E-state index is -1.76. The molecule has 1 aliphatic carbocycles. The standard InChI is InChI=1S/C30H32O13/c1-14-19-20(17(26(35)36)13-39-29(19)43-30-23(34)22(33)21(32)18(12-31)40-30)25(42-28(38)16-10-6-3-7-11-16)24(14)41-27(37)15-8-4-2-5-9-15/h2-11,13-14,18-25,29-34H,12H2,1H3,(H,35,36)/t14-,18-,19-,20-,21+,22+,23+,24+,25-,29+,30-/m0/s1. The number of aliphatic hydroxyl groups excluding tert-OH is 4. The first kappa shape index (κ1) is 30.6. The Labute approximate surface area is 245 Å².